The van der Waals surface area contributed by atoms with E-state index in [0.717, 1.165) is 16.3 Å². The highest BCUT2D eigenvalue weighted by atomic mass is 32.1. The lowest BCUT2D eigenvalue weighted by molar-refractivity contribution is 0.686. The highest BCUT2D eigenvalue weighted by Gasteiger charge is 2.16. The van der Waals surface area contributed by atoms with Crippen LogP contribution in [0.3, 0.4) is 0 Å². The van der Waals surface area contributed by atoms with Crippen molar-refractivity contribution in [2.45, 2.75) is 39.0 Å². The number of imidazole rings is 1. The van der Waals surface area contributed by atoms with Crippen LogP contribution in [0.15, 0.2) is 23.6 Å². The lowest BCUT2D eigenvalue weighted by Gasteiger charge is -2.16. The van der Waals surface area contributed by atoms with Crippen LogP contribution in [0.1, 0.15) is 35.4 Å². The summed E-state index contributed by atoms with van der Waals surface area (Å²) in [5.41, 5.74) is 7.38. The van der Waals surface area contributed by atoms with Crippen molar-refractivity contribution in [1.82, 2.24) is 9.38 Å². The molecule has 0 amide bonds. The van der Waals surface area contributed by atoms with Gasteiger partial charge in [-0.3, -0.25) is 4.40 Å². The zero-order valence-electron chi connectivity index (χ0n) is 12.6. The van der Waals surface area contributed by atoms with Gasteiger partial charge in [0.1, 0.15) is 0 Å². The molecule has 0 aliphatic heterocycles. The largest absolute Gasteiger partial charge is 0.286 e. The van der Waals surface area contributed by atoms with Crippen molar-refractivity contribution in [2.75, 3.05) is 0 Å². The van der Waals surface area contributed by atoms with Crippen molar-refractivity contribution in [3.8, 4) is 17.3 Å². The van der Waals surface area contributed by atoms with Gasteiger partial charge < -0.3 is 0 Å². The smallest absolute Gasteiger partial charge is 0.194 e. The van der Waals surface area contributed by atoms with E-state index < -0.39 is 0 Å². The van der Waals surface area contributed by atoms with Crippen LogP contribution in [0.5, 0.6) is 0 Å². The van der Waals surface area contributed by atoms with Gasteiger partial charge in [-0.05, 0) is 55.4 Å². The number of nitrogens with zero attached hydrogens (tertiary/aromatic N) is 3. The molecule has 3 aromatic rings. The molecule has 0 N–H and O–H groups in total. The van der Waals surface area contributed by atoms with Crippen molar-refractivity contribution >= 4 is 16.3 Å². The number of aryl methyl sites for hydroxylation is 3. The normalized spacial score (nSPS) is 14.0. The Morgan fingerprint density at radius 3 is 2.91 bits per heavy atom. The highest BCUT2D eigenvalue weighted by molar-refractivity contribution is 7.15. The van der Waals surface area contributed by atoms with E-state index in [2.05, 4.69) is 39.0 Å². The zero-order valence-corrected chi connectivity index (χ0v) is 13.4. The topological polar surface area (TPSA) is 41.1 Å². The van der Waals surface area contributed by atoms with Gasteiger partial charge in [-0.2, -0.15) is 5.26 Å². The maximum Gasteiger partial charge on any atom is 0.194 e. The average molecular weight is 307 g/mol. The molecule has 0 radical (unpaired) electrons. The Kier molecular flexibility index (Phi) is 3.24. The Balaban J connectivity index is 1.89. The molecule has 1 aromatic carbocycles. The second-order valence-electron chi connectivity index (χ2n) is 5.91. The minimum atomic E-state index is 0.404. The molecule has 2 heterocycles. The van der Waals surface area contributed by atoms with Crippen LogP contribution in [-0.4, -0.2) is 9.38 Å². The van der Waals surface area contributed by atoms with Crippen LogP contribution in [0.25, 0.3) is 16.2 Å². The Hall–Kier alpha value is -2.12. The summed E-state index contributed by atoms with van der Waals surface area (Å²) in [6, 6.07) is 9.10. The van der Waals surface area contributed by atoms with Gasteiger partial charge in [0.25, 0.3) is 0 Å². The predicted octanol–water partition coefficient (Wildman–Crippen LogP) is 4.32. The monoisotopic (exact) mass is 307 g/mol. The first kappa shape index (κ1) is 13.5. The molecule has 1 aliphatic rings. The standard InChI is InChI=1S/C18H17N3S/c1-12-16(8-9-19)21-17(11-22-18(21)20-12)15-7-6-13-4-2-3-5-14(13)10-15/h6-7,10-11H,2-5,8H2,1H3. The molecule has 0 bridgehead atoms. The first-order chi connectivity index (χ1) is 10.8. The molecular formula is C18H17N3S. The van der Waals surface area contributed by atoms with Crippen molar-refractivity contribution in [3.05, 3.63) is 46.1 Å². The van der Waals surface area contributed by atoms with Crippen LogP contribution in [-0.2, 0) is 19.3 Å². The second-order valence-corrected chi connectivity index (χ2v) is 6.74. The maximum absolute atomic E-state index is 9.09. The SMILES string of the molecule is Cc1nc2scc(-c3ccc4c(c3)CCCC4)n2c1CC#N. The summed E-state index contributed by atoms with van der Waals surface area (Å²) in [4.78, 5) is 5.58. The van der Waals surface area contributed by atoms with Gasteiger partial charge in [0.05, 0.1) is 29.6 Å². The van der Waals surface area contributed by atoms with Gasteiger partial charge in [0.2, 0.25) is 0 Å². The Bertz CT molecular complexity index is 895. The minimum absolute atomic E-state index is 0.404. The van der Waals surface area contributed by atoms with E-state index in [1.54, 1.807) is 11.3 Å². The molecular weight excluding hydrogens is 290 g/mol. The first-order valence-electron chi connectivity index (χ1n) is 7.72. The molecule has 0 spiro atoms. The molecule has 4 rings (SSSR count). The molecule has 2 aromatic heterocycles. The fourth-order valence-electron chi connectivity index (χ4n) is 3.40. The number of hydrogen-bond donors (Lipinski definition) is 0. The molecule has 22 heavy (non-hydrogen) atoms. The third-order valence-electron chi connectivity index (χ3n) is 4.55. The van der Waals surface area contributed by atoms with Crippen molar-refractivity contribution in [1.29, 1.82) is 5.26 Å². The third kappa shape index (κ3) is 2.05. The van der Waals surface area contributed by atoms with Gasteiger partial charge >= 0.3 is 0 Å². The summed E-state index contributed by atoms with van der Waals surface area (Å²) in [5.74, 6) is 0. The molecule has 110 valence electrons. The first-order valence-corrected chi connectivity index (χ1v) is 8.60. The second kappa shape index (κ2) is 5.26. The van der Waals surface area contributed by atoms with Crippen LogP contribution in [0, 0.1) is 18.3 Å². The Morgan fingerprint density at radius 2 is 2.09 bits per heavy atom. The van der Waals surface area contributed by atoms with Crippen LogP contribution < -0.4 is 0 Å². The lowest BCUT2D eigenvalue weighted by atomic mass is 9.90. The number of nitriles is 1. The summed E-state index contributed by atoms with van der Waals surface area (Å²) in [6.45, 7) is 1.99. The van der Waals surface area contributed by atoms with Gasteiger partial charge in [-0.1, -0.05) is 12.1 Å². The van der Waals surface area contributed by atoms with Crippen LogP contribution in [0.4, 0.5) is 0 Å². The van der Waals surface area contributed by atoms with E-state index in [9.17, 15) is 0 Å². The third-order valence-corrected chi connectivity index (χ3v) is 5.38. The van der Waals surface area contributed by atoms with E-state index in [4.69, 9.17) is 5.26 Å². The van der Waals surface area contributed by atoms with E-state index in [-0.39, 0.29) is 0 Å². The maximum atomic E-state index is 9.09. The number of fused-ring (bicyclic) bond motifs is 2. The number of rotatable bonds is 2. The summed E-state index contributed by atoms with van der Waals surface area (Å²) >= 11 is 1.65. The highest BCUT2D eigenvalue weighted by Crippen LogP contribution is 2.32. The fourth-order valence-corrected chi connectivity index (χ4v) is 4.36. The summed E-state index contributed by atoms with van der Waals surface area (Å²) in [5, 5.41) is 11.3. The van der Waals surface area contributed by atoms with E-state index in [1.165, 1.54) is 48.1 Å². The fraction of sp³-hybridized carbons (Fsp3) is 0.333. The molecule has 0 fully saturated rings. The summed E-state index contributed by atoms with van der Waals surface area (Å²) < 4.78 is 2.16. The van der Waals surface area contributed by atoms with Gasteiger partial charge in [0, 0.05) is 5.38 Å². The molecule has 0 unspecified atom stereocenters. The van der Waals surface area contributed by atoms with E-state index in [0.29, 0.717) is 6.42 Å². The van der Waals surface area contributed by atoms with Crippen molar-refractivity contribution in [2.24, 2.45) is 0 Å². The van der Waals surface area contributed by atoms with Crippen molar-refractivity contribution < 1.29 is 0 Å². The van der Waals surface area contributed by atoms with Crippen LogP contribution in [0.2, 0.25) is 0 Å². The average Bonchev–Trinajstić information content (AvgIpc) is 3.07. The van der Waals surface area contributed by atoms with Gasteiger partial charge in [0.15, 0.2) is 4.96 Å². The zero-order chi connectivity index (χ0) is 15.1. The van der Waals surface area contributed by atoms with Gasteiger partial charge in [-0.25, -0.2) is 4.98 Å². The lowest BCUT2D eigenvalue weighted by Crippen LogP contribution is -2.03. The number of benzene rings is 1. The molecule has 3 nitrogen and oxygen atoms in total. The molecule has 4 heteroatoms. The molecule has 1 aliphatic carbocycles. The molecule has 0 atom stereocenters. The molecule has 0 saturated carbocycles. The minimum Gasteiger partial charge on any atom is -0.286 e. The van der Waals surface area contributed by atoms with E-state index >= 15 is 0 Å². The summed E-state index contributed by atoms with van der Waals surface area (Å²) in [7, 11) is 0. The Morgan fingerprint density at radius 1 is 1.27 bits per heavy atom. The van der Waals surface area contributed by atoms with E-state index in [1.807, 2.05) is 6.92 Å². The van der Waals surface area contributed by atoms with Gasteiger partial charge in [-0.15, -0.1) is 11.3 Å². The quantitative estimate of drug-likeness (QED) is 0.707. The number of aromatic nitrogens is 2. The summed E-state index contributed by atoms with van der Waals surface area (Å²) in [6.07, 6.45) is 5.39. The number of hydrogen-bond acceptors (Lipinski definition) is 3. The van der Waals surface area contributed by atoms with Crippen LogP contribution >= 0.6 is 11.3 Å². The Labute approximate surface area is 133 Å². The number of thiazole rings is 1. The molecule has 0 saturated heterocycles. The van der Waals surface area contributed by atoms with Crippen molar-refractivity contribution in [3.63, 3.8) is 0 Å². The predicted molar refractivity (Wildman–Crippen MR) is 89.2 cm³/mol.